The standard InChI is InChI=1S/C23H16ClF6N3O3/c1-3-8-33-16(11-13-10-15(21(35)36-4-2)18(24)32-19(13)33)20(34)31-17(23(28,29)30)12-6-5-7-14(9-12)22(25,26)27/h1,5-7,9-11,17H,4,8H2,2H3,(H,31,34). The van der Waals surface area contributed by atoms with Gasteiger partial charge in [0.15, 0.2) is 6.04 Å². The van der Waals surface area contributed by atoms with E-state index in [1.165, 1.54) is 6.07 Å². The van der Waals surface area contributed by atoms with Gasteiger partial charge < -0.3 is 14.6 Å². The number of hydrogen-bond donors (Lipinski definition) is 1. The minimum absolute atomic E-state index is 0.00113. The van der Waals surface area contributed by atoms with Gasteiger partial charge in [0, 0.05) is 5.39 Å². The average Bonchev–Trinajstić information content (AvgIpc) is 3.13. The quantitative estimate of drug-likeness (QED) is 0.196. The summed E-state index contributed by atoms with van der Waals surface area (Å²) in [6.45, 7) is 1.28. The van der Waals surface area contributed by atoms with E-state index in [-0.39, 0.29) is 40.6 Å². The average molecular weight is 532 g/mol. The summed E-state index contributed by atoms with van der Waals surface area (Å²) in [5.41, 5.74) is -2.66. The van der Waals surface area contributed by atoms with Crippen LogP contribution in [-0.2, 0) is 17.5 Å². The summed E-state index contributed by atoms with van der Waals surface area (Å²) in [5, 5.41) is 1.58. The van der Waals surface area contributed by atoms with Crippen molar-refractivity contribution in [3.8, 4) is 12.3 Å². The molecule has 1 amide bonds. The molecule has 0 fully saturated rings. The number of esters is 1. The van der Waals surface area contributed by atoms with E-state index in [1.54, 1.807) is 12.2 Å². The molecule has 6 nitrogen and oxygen atoms in total. The number of pyridine rings is 1. The molecule has 1 N–H and O–H groups in total. The Kier molecular flexibility index (Phi) is 7.54. The molecule has 3 aromatic rings. The first kappa shape index (κ1) is 26.9. The van der Waals surface area contributed by atoms with Crippen LogP contribution in [-0.4, -0.2) is 34.2 Å². The number of aromatic nitrogens is 2. The second-order valence-electron chi connectivity index (χ2n) is 7.35. The molecule has 36 heavy (non-hydrogen) atoms. The third-order valence-corrected chi connectivity index (χ3v) is 5.24. The molecule has 13 heteroatoms. The Labute approximate surface area is 205 Å². The van der Waals surface area contributed by atoms with Crippen molar-refractivity contribution in [2.75, 3.05) is 6.61 Å². The summed E-state index contributed by atoms with van der Waals surface area (Å²) in [6, 6.07) is 2.14. The molecule has 0 saturated heterocycles. The van der Waals surface area contributed by atoms with Crippen LogP contribution >= 0.6 is 11.6 Å². The monoisotopic (exact) mass is 531 g/mol. The summed E-state index contributed by atoms with van der Waals surface area (Å²) in [5.74, 6) is 0.130. The third kappa shape index (κ3) is 5.57. The molecule has 0 aliphatic carbocycles. The zero-order valence-electron chi connectivity index (χ0n) is 18.3. The van der Waals surface area contributed by atoms with Crippen molar-refractivity contribution in [3.63, 3.8) is 0 Å². The molecule has 0 bridgehead atoms. The number of nitrogens with zero attached hydrogens (tertiary/aromatic N) is 2. The maximum atomic E-state index is 13.8. The first-order valence-electron chi connectivity index (χ1n) is 10.1. The lowest BCUT2D eigenvalue weighted by Crippen LogP contribution is -2.39. The fourth-order valence-corrected chi connectivity index (χ4v) is 3.62. The molecule has 1 unspecified atom stereocenters. The van der Waals surface area contributed by atoms with Gasteiger partial charge in [0.1, 0.15) is 16.5 Å². The Balaban J connectivity index is 2.07. The second-order valence-corrected chi connectivity index (χ2v) is 7.71. The molecule has 0 radical (unpaired) electrons. The van der Waals surface area contributed by atoms with Crippen LogP contribution in [0.1, 0.15) is 44.9 Å². The van der Waals surface area contributed by atoms with Crippen LogP contribution < -0.4 is 5.32 Å². The van der Waals surface area contributed by atoms with Crippen molar-refractivity contribution in [3.05, 3.63) is 63.9 Å². The smallest absolute Gasteiger partial charge is 0.416 e. The van der Waals surface area contributed by atoms with E-state index in [0.29, 0.717) is 12.1 Å². The lowest BCUT2D eigenvalue weighted by atomic mass is 10.0. The van der Waals surface area contributed by atoms with Crippen LogP contribution in [0.25, 0.3) is 11.0 Å². The van der Waals surface area contributed by atoms with Crippen LogP contribution in [0.5, 0.6) is 0 Å². The number of ether oxygens (including phenoxy) is 1. The Morgan fingerprint density at radius 2 is 1.89 bits per heavy atom. The van der Waals surface area contributed by atoms with E-state index in [9.17, 15) is 35.9 Å². The van der Waals surface area contributed by atoms with Gasteiger partial charge in [-0.15, -0.1) is 6.42 Å². The molecule has 1 atom stereocenters. The molecule has 3 rings (SSSR count). The number of fused-ring (bicyclic) bond motifs is 1. The molecule has 190 valence electrons. The van der Waals surface area contributed by atoms with E-state index >= 15 is 0 Å². The van der Waals surface area contributed by atoms with Crippen LogP contribution in [0.2, 0.25) is 5.15 Å². The van der Waals surface area contributed by atoms with Gasteiger partial charge in [0.2, 0.25) is 0 Å². The van der Waals surface area contributed by atoms with E-state index in [0.717, 1.165) is 22.8 Å². The number of benzene rings is 1. The highest BCUT2D eigenvalue weighted by molar-refractivity contribution is 6.33. The van der Waals surface area contributed by atoms with Gasteiger partial charge in [-0.2, -0.15) is 26.3 Å². The summed E-state index contributed by atoms with van der Waals surface area (Å²) in [6.07, 6.45) is -4.70. The summed E-state index contributed by atoms with van der Waals surface area (Å²) >= 11 is 6.05. The maximum absolute atomic E-state index is 13.8. The van der Waals surface area contributed by atoms with Gasteiger partial charge in [-0.05, 0) is 36.8 Å². The number of nitrogens with one attached hydrogen (secondary N) is 1. The number of alkyl halides is 6. The van der Waals surface area contributed by atoms with Gasteiger partial charge in [-0.25, -0.2) is 9.78 Å². The number of halogens is 7. The highest BCUT2D eigenvalue weighted by atomic mass is 35.5. The van der Waals surface area contributed by atoms with E-state index < -0.39 is 41.4 Å². The molecular formula is C23H16ClF6N3O3. The van der Waals surface area contributed by atoms with Crippen molar-refractivity contribution in [2.45, 2.75) is 31.9 Å². The van der Waals surface area contributed by atoms with Crippen LogP contribution in [0.4, 0.5) is 26.3 Å². The molecule has 1 aromatic carbocycles. The largest absolute Gasteiger partial charge is 0.462 e. The van der Waals surface area contributed by atoms with Crippen molar-refractivity contribution in [1.29, 1.82) is 0 Å². The number of terminal acetylenes is 1. The molecule has 2 heterocycles. The first-order chi connectivity index (χ1) is 16.8. The van der Waals surface area contributed by atoms with Crippen molar-refractivity contribution in [2.24, 2.45) is 0 Å². The Bertz CT molecular complexity index is 1360. The maximum Gasteiger partial charge on any atom is 0.416 e. The Morgan fingerprint density at radius 1 is 1.19 bits per heavy atom. The zero-order valence-corrected chi connectivity index (χ0v) is 19.1. The van der Waals surface area contributed by atoms with Gasteiger partial charge in [0.05, 0.1) is 24.3 Å². The van der Waals surface area contributed by atoms with Crippen molar-refractivity contribution < 1.29 is 40.7 Å². The lowest BCUT2D eigenvalue weighted by molar-refractivity contribution is -0.156. The van der Waals surface area contributed by atoms with E-state index in [1.807, 2.05) is 0 Å². The molecule has 0 saturated carbocycles. The van der Waals surface area contributed by atoms with Gasteiger partial charge >= 0.3 is 18.3 Å². The number of carbonyl (C=O) groups is 2. The highest BCUT2D eigenvalue weighted by Crippen LogP contribution is 2.36. The van der Waals surface area contributed by atoms with Crippen LogP contribution in [0.15, 0.2) is 36.4 Å². The minimum Gasteiger partial charge on any atom is -0.462 e. The number of rotatable bonds is 6. The molecule has 0 aliphatic heterocycles. The fraction of sp³-hybridized carbons (Fsp3) is 0.261. The summed E-state index contributed by atoms with van der Waals surface area (Å²) in [7, 11) is 0. The summed E-state index contributed by atoms with van der Waals surface area (Å²) in [4.78, 5) is 29.1. The second kappa shape index (κ2) is 10.1. The number of amides is 1. The first-order valence-corrected chi connectivity index (χ1v) is 10.5. The lowest BCUT2D eigenvalue weighted by Gasteiger charge is -2.23. The predicted molar refractivity (Wildman–Crippen MR) is 117 cm³/mol. The predicted octanol–water partition coefficient (Wildman–Crippen LogP) is 5.55. The van der Waals surface area contributed by atoms with Gasteiger partial charge in [-0.1, -0.05) is 29.7 Å². The van der Waals surface area contributed by atoms with Gasteiger partial charge in [-0.3, -0.25) is 4.79 Å². The number of carbonyl (C=O) groups excluding carboxylic acids is 2. The highest BCUT2D eigenvalue weighted by Gasteiger charge is 2.43. The Morgan fingerprint density at radius 3 is 2.47 bits per heavy atom. The van der Waals surface area contributed by atoms with Crippen LogP contribution in [0, 0.1) is 12.3 Å². The van der Waals surface area contributed by atoms with Crippen molar-refractivity contribution in [1.82, 2.24) is 14.9 Å². The van der Waals surface area contributed by atoms with Gasteiger partial charge in [0.25, 0.3) is 5.91 Å². The molecule has 0 spiro atoms. The molecule has 2 aromatic heterocycles. The van der Waals surface area contributed by atoms with E-state index in [2.05, 4.69) is 10.9 Å². The van der Waals surface area contributed by atoms with Crippen molar-refractivity contribution >= 4 is 34.5 Å². The number of hydrogen-bond acceptors (Lipinski definition) is 4. The normalized spacial score (nSPS) is 12.8. The minimum atomic E-state index is -5.14. The molecule has 0 aliphatic rings. The SMILES string of the molecule is C#CCn1c(C(=O)NC(c2cccc(C(F)(F)F)c2)C(F)(F)F)cc2cc(C(=O)OCC)c(Cl)nc21. The fourth-order valence-electron chi connectivity index (χ4n) is 3.40. The Hall–Kier alpha value is -3.72. The van der Waals surface area contributed by atoms with E-state index in [4.69, 9.17) is 22.8 Å². The third-order valence-electron chi connectivity index (χ3n) is 4.95. The summed E-state index contributed by atoms with van der Waals surface area (Å²) < 4.78 is 86.5. The topological polar surface area (TPSA) is 73.2 Å². The zero-order chi connectivity index (χ0) is 26.8. The van der Waals surface area contributed by atoms with Crippen LogP contribution in [0.3, 0.4) is 0 Å². The molecular weight excluding hydrogens is 516 g/mol.